The Morgan fingerprint density at radius 1 is 1.47 bits per heavy atom. The molecule has 0 bridgehead atoms. The van der Waals surface area contributed by atoms with E-state index in [1.807, 2.05) is 13.1 Å². The summed E-state index contributed by atoms with van der Waals surface area (Å²) in [6.07, 6.45) is 0.830. The Bertz CT molecular complexity index is 319. The van der Waals surface area contributed by atoms with Crippen molar-refractivity contribution in [3.05, 3.63) is 11.1 Å². The number of alkyl halides is 2. The fourth-order valence-corrected chi connectivity index (χ4v) is 2.64. The largest absolute Gasteiger partial charge is 0.348 e. The monoisotopic (exact) mass is 232 g/mol. The van der Waals surface area contributed by atoms with Crippen molar-refractivity contribution in [1.82, 2.24) is 4.98 Å². The van der Waals surface area contributed by atoms with Gasteiger partial charge in [-0.2, -0.15) is 0 Å². The molecule has 0 aliphatic carbocycles. The zero-order valence-corrected chi connectivity index (χ0v) is 9.44. The van der Waals surface area contributed by atoms with Crippen molar-refractivity contribution >= 4 is 16.5 Å². The molecule has 2 nitrogen and oxygen atoms in total. The lowest BCUT2D eigenvalue weighted by Gasteiger charge is -2.31. The Hall–Kier alpha value is -0.710. The van der Waals surface area contributed by atoms with Crippen LogP contribution in [-0.2, 0) is 0 Å². The van der Waals surface area contributed by atoms with Crippen molar-refractivity contribution in [1.29, 1.82) is 0 Å². The number of aromatic nitrogens is 1. The van der Waals surface area contributed by atoms with Crippen molar-refractivity contribution in [2.24, 2.45) is 5.92 Å². The van der Waals surface area contributed by atoms with Crippen LogP contribution in [-0.4, -0.2) is 24.5 Å². The Balaban J connectivity index is 1.93. The molecule has 1 aliphatic rings. The highest BCUT2D eigenvalue weighted by atomic mass is 32.1. The summed E-state index contributed by atoms with van der Waals surface area (Å²) in [6, 6.07) is 0. The van der Waals surface area contributed by atoms with Crippen molar-refractivity contribution in [3.63, 3.8) is 0 Å². The number of piperidine rings is 1. The summed E-state index contributed by atoms with van der Waals surface area (Å²) in [7, 11) is 0. The van der Waals surface area contributed by atoms with E-state index >= 15 is 0 Å². The van der Waals surface area contributed by atoms with Crippen LogP contribution in [0.25, 0.3) is 0 Å². The second kappa shape index (κ2) is 4.43. The molecule has 0 N–H and O–H groups in total. The van der Waals surface area contributed by atoms with E-state index in [-0.39, 0.29) is 0 Å². The minimum atomic E-state index is -2.16. The SMILES string of the molecule is Cc1cnc(N2CCC(C(F)F)CC2)s1. The summed E-state index contributed by atoms with van der Waals surface area (Å²) < 4.78 is 24.8. The molecule has 1 fully saturated rings. The fraction of sp³-hybridized carbons (Fsp3) is 0.700. The van der Waals surface area contributed by atoms with Crippen LogP contribution in [0.2, 0.25) is 0 Å². The molecule has 0 aromatic carbocycles. The fourth-order valence-electron chi connectivity index (χ4n) is 1.83. The third-order valence-corrected chi connectivity index (χ3v) is 3.75. The highest BCUT2D eigenvalue weighted by Gasteiger charge is 2.26. The third-order valence-electron chi connectivity index (χ3n) is 2.78. The molecule has 0 spiro atoms. The van der Waals surface area contributed by atoms with Crippen LogP contribution < -0.4 is 4.90 Å². The van der Waals surface area contributed by atoms with Crippen LogP contribution in [0, 0.1) is 12.8 Å². The number of hydrogen-bond donors (Lipinski definition) is 0. The molecule has 1 aliphatic heterocycles. The summed E-state index contributed by atoms with van der Waals surface area (Å²) in [5, 5.41) is 0.972. The molecule has 0 saturated carbocycles. The van der Waals surface area contributed by atoms with Gasteiger partial charge in [0.1, 0.15) is 0 Å². The molecule has 15 heavy (non-hydrogen) atoms. The Kier molecular flexibility index (Phi) is 3.19. The molecule has 0 unspecified atom stereocenters. The van der Waals surface area contributed by atoms with Gasteiger partial charge in [0, 0.05) is 30.1 Å². The molecule has 5 heteroatoms. The number of hydrogen-bond acceptors (Lipinski definition) is 3. The first-order valence-corrected chi connectivity index (χ1v) is 5.94. The van der Waals surface area contributed by atoms with Gasteiger partial charge in [0.25, 0.3) is 0 Å². The van der Waals surface area contributed by atoms with E-state index in [2.05, 4.69) is 9.88 Å². The van der Waals surface area contributed by atoms with Gasteiger partial charge < -0.3 is 4.90 Å². The van der Waals surface area contributed by atoms with Crippen molar-refractivity contribution < 1.29 is 8.78 Å². The van der Waals surface area contributed by atoms with E-state index in [1.165, 1.54) is 4.88 Å². The maximum absolute atomic E-state index is 12.4. The van der Waals surface area contributed by atoms with Crippen molar-refractivity contribution in [3.8, 4) is 0 Å². The van der Waals surface area contributed by atoms with Crippen LogP contribution in [0.3, 0.4) is 0 Å². The summed E-state index contributed by atoms with van der Waals surface area (Å²) >= 11 is 1.63. The first-order chi connectivity index (χ1) is 7.16. The smallest absolute Gasteiger partial charge is 0.241 e. The van der Waals surface area contributed by atoms with Crippen LogP contribution in [0.5, 0.6) is 0 Å². The van der Waals surface area contributed by atoms with Crippen molar-refractivity contribution in [2.75, 3.05) is 18.0 Å². The number of anilines is 1. The second-order valence-electron chi connectivity index (χ2n) is 3.91. The van der Waals surface area contributed by atoms with E-state index in [0.29, 0.717) is 25.9 Å². The van der Waals surface area contributed by atoms with E-state index < -0.39 is 12.3 Å². The van der Waals surface area contributed by atoms with Gasteiger partial charge in [0.2, 0.25) is 6.43 Å². The maximum atomic E-state index is 12.4. The predicted octanol–water partition coefficient (Wildman–Crippen LogP) is 2.93. The first-order valence-electron chi connectivity index (χ1n) is 5.12. The second-order valence-corrected chi connectivity index (χ2v) is 5.13. The molecule has 1 aromatic rings. The zero-order chi connectivity index (χ0) is 10.8. The average molecular weight is 232 g/mol. The quantitative estimate of drug-likeness (QED) is 0.779. The van der Waals surface area contributed by atoms with Crippen molar-refractivity contribution in [2.45, 2.75) is 26.2 Å². The Morgan fingerprint density at radius 3 is 2.60 bits per heavy atom. The van der Waals surface area contributed by atoms with Gasteiger partial charge in [-0.15, -0.1) is 11.3 Å². The van der Waals surface area contributed by atoms with Gasteiger partial charge in [-0.3, -0.25) is 0 Å². The standard InChI is InChI=1S/C10H14F2N2S/c1-7-6-13-10(15-7)14-4-2-8(3-5-14)9(11)12/h6,8-9H,2-5H2,1H3. The lowest BCUT2D eigenvalue weighted by atomic mass is 9.98. The molecule has 0 amide bonds. The van der Waals surface area contributed by atoms with Gasteiger partial charge in [-0.1, -0.05) is 0 Å². The predicted molar refractivity (Wildman–Crippen MR) is 57.8 cm³/mol. The summed E-state index contributed by atoms with van der Waals surface area (Å²) in [4.78, 5) is 7.54. The number of rotatable bonds is 2. The third kappa shape index (κ3) is 2.45. The molecule has 84 valence electrons. The first kappa shape index (κ1) is 10.8. The minimum Gasteiger partial charge on any atom is -0.348 e. The van der Waals surface area contributed by atoms with Crippen LogP contribution >= 0.6 is 11.3 Å². The van der Waals surface area contributed by atoms with Gasteiger partial charge in [0.05, 0.1) is 0 Å². The topological polar surface area (TPSA) is 16.1 Å². The number of aryl methyl sites for hydroxylation is 1. The molecule has 0 radical (unpaired) electrons. The van der Waals surface area contributed by atoms with E-state index in [1.54, 1.807) is 11.3 Å². The van der Waals surface area contributed by atoms with Gasteiger partial charge in [0.15, 0.2) is 5.13 Å². The normalized spacial score (nSPS) is 18.8. The highest BCUT2D eigenvalue weighted by molar-refractivity contribution is 7.15. The average Bonchev–Trinajstić information content (AvgIpc) is 2.65. The van der Waals surface area contributed by atoms with Crippen LogP contribution in [0.15, 0.2) is 6.20 Å². The minimum absolute atomic E-state index is 0.415. The van der Waals surface area contributed by atoms with E-state index in [4.69, 9.17) is 0 Å². The Labute approximate surface area is 91.9 Å². The Morgan fingerprint density at radius 2 is 2.13 bits per heavy atom. The van der Waals surface area contributed by atoms with E-state index in [0.717, 1.165) is 5.13 Å². The highest BCUT2D eigenvalue weighted by Crippen LogP contribution is 2.29. The maximum Gasteiger partial charge on any atom is 0.241 e. The lowest BCUT2D eigenvalue weighted by Crippen LogP contribution is -2.35. The zero-order valence-electron chi connectivity index (χ0n) is 8.62. The number of halogens is 2. The van der Waals surface area contributed by atoms with Crippen LogP contribution in [0.4, 0.5) is 13.9 Å². The molecule has 1 aromatic heterocycles. The van der Waals surface area contributed by atoms with Crippen LogP contribution in [0.1, 0.15) is 17.7 Å². The molecule has 0 atom stereocenters. The number of thiazole rings is 1. The molecule has 2 heterocycles. The van der Waals surface area contributed by atoms with Gasteiger partial charge >= 0.3 is 0 Å². The summed E-state index contributed by atoms with van der Waals surface area (Å²) in [5.41, 5.74) is 0. The molecule has 1 saturated heterocycles. The lowest BCUT2D eigenvalue weighted by molar-refractivity contribution is 0.0636. The molecule has 2 rings (SSSR count). The van der Waals surface area contributed by atoms with E-state index in [9.17, 15) is 8.78 Å². The van der Waals surface area contributed by atoms with Gasteiger partial charge in [-0.05, 0) is 19.8 Å². The summed E-state index contributed by atoms with van der Waals surface area (Å²) in [6.45, 7) is 3.43. The van der Waals surface area contributed by atoms with Gasteiger partial charge in [-0.25, -0.2) is 13.8 Å². The molecular formula is C10H14F2N2S. The summed E-state index contributed by atoms with van der Waals surface area (Å²) in [5.74, 6) is -0.415. The number of nitrogens with zero attached hydrogens (tertiary/aromatic N) is 2. The molecular weight excluding hydrogens is 218 g/mol.